The highest BCUT2D eigenvalue weighted by molar-refractivity contribution is 9.10. The van der Waals surface area contributed by atoms with Crippen molar-refractivity contribution in [1.82, 2.24) is 5.32 Å². The van der Waals surface area contributed by atoms with Gasteiger partial charge in [0.1, 0.15) is 6.10 Å². The first-order valence-electron chi connectivity index (χ1n) is 11.6. The summed E-state index contributed by atoms with van der Waals surface area (Å²) < 4.78 is 11.8. The molecule has 3 aliphatic rings. The lowest BCUT2D eigenvalue weighted by Gasteiger charge is -2.39. The molecule has 1 atom stereocenters. The third-order valence-corrected chi connectivity index (χ3v) is 7.49. The van der Waals surface area contributed by atoms with Crippen LogP contribution in [0.3, 0.4) is 0 Å². The number of esters is 1. The highest BCUT2D eigenvalue weighted by Gasteiger charge is 2.43. The van der Waals surface area contributed by atoms with Crippen molar-refractivity contribution in [3.63, 3.8) is 0 Å². The van der Waals surface area contributed by atoms with Crippen molar-refractivity contribution < 1.29 is 24.2 Å². The SMILES string of the molecule is COc1cc(C2C(C(=O)OC3CCCCC3)=C(C)NC3=C2C(=O)CC(C)(C)C3)cc(Br)c1O. The molecule has 2 aliphatic carbocycles. The van der Waals surface area contributed by atoms with Crippen LogP contribution in [-0.2, 0) is 14.3 Å². The third kappa shape index (κ3) is 4.70. The Morgan fingerprint density at radius 1 is 1.18 bits per heavy atom. The molecule has 7 heteroatoms. The summed E-state index contributed by atoms with van der Waals surface area (Å²) in [6.45, 7) is 6.03. The number of hydrogen-bond donors (Lipinski definition) is 2. The van der Waals surface area contributed by atoms with E-state index in [1.54, 1.807) is 12.1 Å². The average molecular weight is 518 g/mol. The van der Waals surface area contributed by atoms with E-state index in [9.17, 15) is 14.7 Å². The van der Waals surface area contributed by atoms with Gasteiger partial charge in [-0.1, -0.05) is 20.3 Å². The lowest BCUT2D eigenvalue weighted by atomic mass is 9.68. The standard InChI is InChI=1S/C26H32BrNO5/c1-14-21(25(31)33-16-8-6-5-7-9-16)22(15-10-17(27)24(30)20(11-15)32-4)23-18(28-14)12-26(2,3)13-19(23)29/h10-11,16,22,28,30H,5-9,12-13H2,1-4H3. The number of carbonyl (C=O) groups is 2. The summed E-state index contributed by atoms with van der Waals surface area (Å²) in [6.07, 6.45) is 6.05. The number of dihydropyridines is 1. The van der Waals surface area contributed by atoms with E-state index in [1.807, 2.05) is 6.92 Å². The zero-order chi connectivity index (χ0) is 23.9. The molecule has 1 aromatic rings. The molecule has 0 saturated heterocycles. The first-order valence-corrected chi connectivity index (χ1v) is 12.4. The van der Waals surface area contributed by atoms with Crippen LogP contribution in [0.4, 0.5) is 0 Å². The first kappa shape index (κ1) is 23.9. The molecule has 1 heterocycles. The molecular weight excluding hydrogens is 486 g/mol. The molecule has 4 rings (SSSR count). The Morgan fingerprint density at radius 2 is 1.88 bits per heavy atom. The van der Waals surface area contributed by atoms with Gasteiger partial charge in [0.2, 0.25) is 0 Å². The maximum Gasteiger partial charge on any atom is 0.337 e. The van der Waals surface area contributed by atoms with E-state index in [0.717, 1.165) is 31.4 Å². The number of benzene rings is 1. The molecule has 1 saturated carbocycles. The van der Waals surface area contributed by atoms with Crippen molar-refractivity contribution in [1.29, 1.82) is 0 Å². The molecule has 33 heavy (non-hydrogen) atoms. The minimum absolute atomic E-state index is 0.0208. The fourth-order valence-electron chi connectivity index (χ4n) is 5.35. The van der Waals surface area contributed by atoms with Crippen molar-refractivity contribution >= 4 is 27.7 Å². The van der Waals surface area contributed by atoms with Gasteiger partial charge >= 0.3 is 5.97 Å². The van der Waals surface area contributed by atoms with Crippen molar-refractivity contribution in [2.75, 3.05) is 7.11 Å². The number of carbonyl (C=O) groups excluding carboxylic acids is 2. The monoisotopic (exact) mass is 517 g/mol. The number of rotatable bonds is 4. The predicted molar refractivity (Wildman–Crippen MR) is 129 cm³/mol. The number of ether oxygens (including phenoxy) is 2. The van der Waals surface area contributed by atoms with E-state index in [-0.39, 0.29) is 34.8 Å². The largest absolute Gasteiger partial charge is 0.503 e. The molecule has 1 aromatic carbocycles. The van der Waals surface area contributed by atoms with Gasteiger partial charge in [0.05, 0.1) is 17.2 Å². The van der Waals surface area contributed by atoms with E-state index in [4.69, 9.17) is 9.47 Å². The summed E-state index contributed by atoms with van der Waals surface area (Å²) >= 11 is 3.40. The van der Waals surface area contributed by atoms with Crippen LogP contribution in [0, 0.1) is 5.41 Å². The number of Topliss-reactive ketones (excluding diaryl/α,β-unsaturated/α-hetero) is 1. The number of halogens is 1. The van der Waals surface area contributed by atoms with E-state index in [2.05, 4.69) is 35.1 Å². The van der Waals surface area contributed by atoms with E-state index in [1.165, 1.54) is 13.5 Å². The van der Waals surface area contributed by atoms with Gasteiger partial charge in [-0.15, -0.1) is 0 Å². The van der Waals surface area contributed by atoms with Gasteiger partial charge in [-0.05, 0) is 78.1 Å². The van der Waals surface area contributed by atoms with Crippen LogP contribution in [0.2, 0.25) is 0 Å². The fourth-order valence-corrected chi connectivity index (χ4v) is 5.81. The van der Waals surface area contributed by atoms with Crippen LogP contribution in [0.5, 0.6) is 11.5 Å². The second kappa shape index (κ2) is 9.16. The lowest BCUT2D eigenvalue weighted by molar-refractivity contribution is -0.146. The zero-order valence-electron chi connectivity index (χ0n) is 19.7. The smallest absolute Gasteiger partial charge is 0.337 e. The number of methoxy groups -OCH3 is 1. The summed E-state index contributed by atoms with van der Waals surface area (Å²) in [4.78, 5) is 27.0. The zero-order valence-corrected chi connectivity index (χ0v) is 21.3. The van der Waals surface area contributed by atoms with E-state index >= 15 is 0 Å². The maximum absolute atomic E-state index is 13.5. The Kier molecular flexibility index (Phi) is 6.63. The highest BCUT2D eigenvalue weighted by Crippen LogP contribution is 2.49. The maximum atomic E-state index is 13.5. The molecular formula is C26H32BrNO5. The number of allylic oxidation sites excluding steroid dienone is 3. The minimum Gasteiger partial charge on any atom is -0.503 e. The van der Waals surface area contributed by atoms with Crippen LogP contribution in [-0.4, -0.2) is 30.1 Å². The number of aromatic hydroxyl groups is 1. The van der Waals surface area contributed by atoms with Crippen LogP contribution in [0.1, 0.15) is 77.2 Å². The molecule has 6 nitrogen and oxygen atoms in total. The van der Waals surface area contributed by atoms with Crippen molar-refractivity contribution in [3.8, 4) is 11.5 Å². The lowest BCUT2D eigenvalue weighted by Crippen LogP contribution is -2.39. The number of nitrogens with one attached hydrogen (secondary N) is 1. The van der Waals surface area contributed by atoms with Crippen molar-refractivity contribution in [3.05, 3.63) is 44.7 Å². The summed E-state index contributed by atoms with van der Waals surface area (Å²) in [5.74, 6) is -0.692. The van der Waals surface area contributed by atoms with Crippen LogP contribution >= 0.6 is 15.9 Å². The quantitative estimate of drug-likeness (QED) is 0.502. The Bertz CT molecular complexity index is 1050. The number of hydrogen-bond acceptors (Lipinski definition) is 6. The van der Waals surface area contributed by atoms with Gasteiger partial charge in [-0.3, -0.25) is 4.79 Å². The highest BCUT2D eigenvalue weighted by atomic mass is 79.9. The minimum atomic E-state index is -0.591. The van der Waals surface area contributed by atoms with Crippen molar-refractivity contribution in [2.45, 2.75) is 77.7 Å². The molecule has 1 aliphatic heterocycles. The molecule has 0 radical (unpaired) electrons. The Morgan fingerprint density at radius 3 is 2.55 bits per heavy atom. The predicted octanol–water partition coefficient (Wildman–Crippen LogP) is 5.64. The number of phenolic OH excluding ortho intramolecular Hbond substituents is 1. The van der Waals surface area contributed by atoms with Crippen molar-refractivity contribution in [2.24, 2.45) is 5.41 Å². The van der Waals surface area contributed by atoms with Gasteiger partial charge in [-0.2, -0.15) is 0 Å². The van der Waals surface area contributed by atoms with Gasteiger partial charge in [-0.25, -0.2) is 4.79 Å². The second-order valence-electron chi connectivity index (χ2n) is 10.1. The van der Waals surface area contributed by atoms with E-state index < -0.39 is 5.92 Å². The summed E-state index contributed by atoms with van der Waals surface area (Å²) in [7, 11) is 1.48. The molecule has 0 spiro atoms. The first-order chi connectivity index (χ1) is 15.6. The molecule has 0 bridgehead atoms. The number of phenols is 1. The molecule has 1 fully saturated rings. The normalized spacial score (nSPS) is 23.2. The molecule has 178 valence electrons. The Labute approximate surface area is 203 Å². The Balaban J connectivity index is 1.82. The topological polar surface area (TPSA) is 84.9 Å². The Hall–Kier alpha value is -2.28. The average Bonchev–Trinajstić information content (AvgIpc) is 2.74. The van der Waals surface area contributed by atoms with E-state index in [0.29, 0.717) is 39.7 Å². The molecule has 2 N–H and O–H groups in total. The van der Waals surface area contributed by atoms with Crippen LogP contribution in [0.25, 0.3) is 0 Å². The second-order valence-corrected chi connectivity index (χ2v) is 11.0. The van der Waals surface area contributed by atoms with Gasteiger partial charge in [0, 0.05) is 29.3 Å². The van der Waals surface area contributed by atoms with Gasteiger partial charge in [0.15, 0.2) is 17.3 Å². The molecule has 0 aromatic heterocycles. The summed E-state index contributed by atoms with van der Waals surface area (Å²) in [5.41, 5.74) is 3.15. The third-order valence-electron chi connectivity index (χ3n) is 6.89. The molecule has 1 unspecified atom stereocenters. The van der Waals surface area contributed by atoms with Crippen LogP contribution in [0.15, 0.2) is 39.1 Å². The van der Waals surface area contributed by atoms with Crippen LogP contribution < -0.4 is 10.1 Å². The van der Waals surface area contributed by atoms with Gasteiger partial charge < -0.3 is 19.9 Å². The summed E-state index contributed by atoms with van der Waals surface area (Å²) in [5, 5.41) is 13.7. The van der Waals surface area contributed by atoms with Gasteiger partial charge in [0.25, 0.3) is 0 Å². The summed E-state index contributed by atoms with van der Waals surface area (Å²) in [6, 6.07) is 3.46. The molecule has 0 amide bonds. The number of ketones is 1. The fraction of sp³-hybridized carbons (Fsp3) is 0.538.